The molecule has 0 heterocycles. The van der Waals surface area contributed by atoms with Crippen molar-refractivity contribution in [3.8, 4) is 0 Å². The Morgan fingerprint density at radius 1 is 1.43 bits per heavy atom. The Bertz CT molecular complexity index is 363. The lowest BCUT2D eigenvalue weighted by Crippen LogP contribution is -2.21. The molecule has 0 atom stereocenters. The molecule has 4 N–H and O–H groups in total. The zero-order valence-corrected chi connectivity index (χ0v) is 7.36. The van der Waals surface area contributed by atoms with E-state index < -0.39 is 11.9 Å². The molecule has 1 aromatic carbocycles. The number of carboxylic acid groups (broad SMARTS) is 1. The van der Waals surface area contributed by atoms with E-state index in [9.17, 15) is 9.59 Å². The van der Waals surface area contributed by atoms with Crippen LogP contribution >= 0.6 is 0 Å². The van der Waals surface area contributed by atoms with E-state index in [0.717, 1.165) is 0 Å². The highest BCUT2D eigenvalue weighted by atomic mass is 16.4. The number of hydrogen-bond acceptors (Lipinski definition) is 3. The number of rotatable bonds is 4. The summed E-state index contributed by atoms with van der Waals surface area (Å²) in [5.41, 5.74) is 5.65. The smallest absolute Gasteiger partial charge is 0.335 e. The maximum Gasteiger partial charge on any atom is 0.335 e. The van der Waals surface area contributed by atoms with Crippen molar-refractivity contribution in [2.24, 2.45) is 5.73 Å². The highest BCUT2D eigenvalue weighted by Crippen LogP contribution is 2.09. The number of aromatic carboxylic acids is 1. The van der Waals surface area contributed by atoms with Gasteiger partial charge in [0.05, 0.1) is 12.1 Å². The van der Waals surface area contributed by atoms with Crippen LogP contribution in [0.4, 0.5) is 5.69 Å². The van der Waals surface area contributed by atoms with E-state index in [2.05, 4.69) is 5.32 Å². The van der Waals surface area contributed by atoms with Crippen LogP contribution in [0.3, 0.4) is 0 Å². The van der Waals surface area contributed by atoms with Gasteiger partial charge < -0.3 is 16.2 Å². The fourth-order valence-electron chi connectivity index (χ4n) is 0.951. The first-order chi connectivity index (χ1) is 6.59. The number of nitrogens with one attached hydrogen (secondary N) is 1. The van der Waals surface area contributed by atoms with Crippen LogP contribution in [0.25, 0.3) is 0 Å². The van der Waals surface area contributed by atoms with Gasteiger partial charge in [-0.2, -0.15) is 0 Å². The van der Waals surface area contributed by atoms with Gasteiger partial charge in [0, 0.05) is 5.69 Å². The van der Waals surface area contributed by atoms with Crippen LogP contribution in [0.5, 0.6) is 0 Å². The predicted octanol–water partition coefficient (Wildman–Crippen LogP) is 0.282. The lowest BCUT2D eigenvalue weighted by molar-refractivity contribution is -0.116. The van der Waals surface area contributed by atoms with Gasteiger partial charge in [0.15, 0.2) is 0 Å². The number of carboxylic acids is 1. The molecule has 14 heavy (non-hydrogen) atoms. The summed E-state index contributed by atoms with van der Waals surface area (Å²) in [5, 5.41) is 11.4. The Kier molecular flexibility index (Phi) is 3.06. The summed E-state index contributed by atoms with van der Waals surface area (Å²) >= 11 is 0. The van der Waals surface area contributed by atoms with E-state index in [1.165, 1.54) is 12.1 Å². The second-order valence-electron chi connectivity index (χ2n) is 2.71. The van der Waals surface area contributed by atoms with Crippen LogP contribution in [0.1, 0.15) is 10.4 Å². The van der Waals surface area contributed by atoms with Crippen LogP contribution in [0.2, 0.25) is 0 Å². The maximum atomic E-state index is 10.6. The van der Waals surface area contributed by atoms with Gasteiger partial charge in [-0.05, 0) is 18.2 Å². The van der Waals surface area contributed by atoms with Crippen molar-refractivity contribution in [1.82, 2.24) is 0 Å². The third kappa shape index (κ3) is 2.78. The van der Waals surface area contributed by atoms with Crippen molar-refractivity contribution < 1.29 is 14.7 Å². The number of primary amides is 1. The number of benzene rings is 1. The van der Waals surface area contributed by atoms with E-state index in [0.29, 0.717) is 5.69 Å². The van der Waals surface area contributed by atoms with Gasteiger partial charge in [0.2, 0.25) is 5.91 Å². The van der Waals surface area contributed by atoms with Crippen LogP contribution in [-0.4, -0.2) is 23.5 Å². The number of anilines is 1. The molecule has 0 fully saturated rings. The molecule has 1 aromatic rings. The lowest BCUT2D eigenvalue weighted by atomic mass is 10.2. The summed E-state index contributed by atoms with van der Waals surface area (Å²) in [4.78, 5) is 21.0. The highest BCUT2D eigenvalue weighted by molar-refractivity contribution is 5.89. The van der Waals surface area contributed by atoms with Crippen molar-refractivity contribution in [2.75, 3.05) is 11.9 Å². The summed E-state index contributed by atoms with van der Waals surface area (Å²) in [5.74, 6) is -1.50. The maximum absolute atomic E-state index is 10.6. The van der Waals surface area contributed by atoms with Gasteiger partial charge in [-0.1, -0.05) is 6.07 Å². The second kappa shape index (κ2) is 4.27. The SMILES string of the molecule is NC(=O)CNc1cccc(C(=O)O)c1. The van der Waals surface area contributed by atoms with Crippen LogP contribution < -0.4 is 11.1 Å². The number of carbonyl (C=O) groups is 2. The summed E-state index contributed by atoms with van der Waals surface area (Å²) in [6.07, 6.45) is 0. The third-order valence-corrected chi connectivity index (χ3v) is 1.58. The van der Waals surface area contributed by atoms with E-state index in [-0.39, 0.29) is 12.1 Å². The Hall–Kier alpha value is -2.04. The van der Waals surface area contributed by atoms with E-state index in [1.54, 1.807) is 12.1 Å². The molecule has 0 aliphatic carbocycles. The lowest BCUT2D eigenvalue weighted by Gasteiger charge is -2.03. The molecule has 0 saturated heterocycles. The molecule has 74 valence electrons. The Morgan fingerprint density at radius 2 is 2.14 bits per heavy atom. The molecule has 1 amide bonds. The quantitative estimate of drug-likeness (QED) is 0.642. The van der Waals surface area contributed by atoms with Crippen molar-refractivity contribution in [3.05, 3.63) is 29.8 Å². The van der Waals surface area contributed by atoms with Gasteiger partial charge in [0.1, 0.15) is 0 Å². The minimum absolute atomic E-state index is 0.0108. The molecule has 0 aliphatic rings. The largest absolute Gasteiger partial charge is 0.478 e. The standard InChI is InChI=1S/C9H10N2O3/c10-8(12)5-11-7-3-1-2-6(4-7)9(13)14/h1-4,11H,5H2,(H2,10,12)(H,13,14). The second-order valence-corrected chi connectivity index (χ2v) is 2.71. The van der Waals surface area contributed by atoms with Crippen LogP contribution in [0, 0.1) is 0 Å². The molecule has 0 aromatic heterocycles. The van der Waals surface area contributed by atoms with Gasteiger partial charge in [-0.3, -0.25) is 4.79 Å². The normalized spacial score (nSPS) is 9.43. The number of carbonyl (C=O) groups excluding carboxylic acids is 1. The number of hydrogen-bond donors (Lipinski definition) is 3. The first kappa shape index (κ1) is 10.0. The van der Waals surface area contributed by atoms with Crippen molar-refractivity contribution >= 4 is 17.6 Å². The van der Waals surface area contributed by atoms with Gasteiger partial charge in [0.25, 0.3) is 0 Å². The fraction of sp³-hybridized carbons (Fsp3) is 0.111. The minimum atomic E-state index is -1.01. The third-order valence-electron chi connectivity index (χ3n) is 1.58. The number of nitrogens with two attached hydrogens (primary N) is 1. The summed E-state index contributed by atoms with van der Waals surface area (Å²) in [6, 6.07) is 6.16. The average molecular weight is 194 g/mol. The zero-order chi connectivity index (χ0) is 10.6. The zero-order valence-electron chi connectivity index (χ0n) is 7.36. The molecular weight excluding hydrogens is 184 g/mol. The van der Waals surface area contributed by atoms with Crippen LogP contribution in [0.15, 0.2) is 24.3 Å². The topological polar surface area (TPSA) is 92.4 Å². The van der Waals surface area contributed by atoms with Crippen molar-refractivity contribution in [1.29, 1.82) is 0 Å². The summed E-state index contributed by atoms with van der Waals surface area (Å²) in [6.45, 7) is -0.0108. The molecular formula is C9H10N2O3. The first-order valence-corrected chi connectivity index (χ1v) is 3.95. The van der Waals surface area contributed by atoms with E-state index in [1.807, 2.05) is 0 Å². The highest BCUT2D eigenvalue weighted by Gasteiger charge is 2.02. The van der Waals surface area contributed by atoms with E-state index >= 15 is 0 Å². The van der Waals surface area contributed by atoms with Crippen molar-refractivity contribution in [2.45, 2.75) is 0 Å². The van der Waals surface area contributed by atoms with Gasteiger partial charge in [-0.15, -0.1) is 0 Å². The molecule has 0 radical (unpaired) electrons. The molecule has 5 nitrogen and oxygen atoms in total. The van der Waals surface area contributed by atoms with Crippen LogP contribution in [-0.2, 0) is 4.79 Å². The molecule has 1 rings (SSSR count). The molecule has 0 saturated carbocycles. The fourth-order valence-corrected chi connectivity index (χ4v) is 0.951. The predicted molar refractivity (Wildman–Crippen MR) is 51.1 cm³/mol. The Balaban J connectivity index is 2.73. The first-order valence-electron chi connectivity index (χ1n) is 3.95. The molecule has 0 unspecified atom stereocenters. The molecule has 0 spiro atoms. The summed E-state index contributed by atoms with van der Waals surface area (Å²) in [7, 11) is 0. The Morgan fingerprint density at radius 3 is 2.71 bits per heavy atom. The average Bonchev–Trinajstić information content (AvgIpc) is 2.15. The van der Waals surface area contributed by atoms with Gasteiger partial charge in [-0.25, -0.2) is 4.79 Å². The van der Waals surface area contributed by atoms with Crippen molar-refractivity contribution in [3.63, 3.8) is 0 Å². The molecule has 5 heteroatoms. The molecule has 0 aliphatic heterocycles. The monoisotopic (exact) mass is 194 g/mol. The van der Waals surface area contributed by atoms with E-state index in [4.69, 9.17) is 10.8 Å². The van der Waals surface area contributed by atoms with Gasteiger partial charge >= 0.3 is 5.97 Å². The molecule has 0 bridgehead atoms. The summed E-state index contributed by atoms with van der Waals surface area (Å²) < 4.78 is 0. The Labute approximate surface area is 80.5 Å². The number of amides is 1. The minimum Gasteiger partial charge on any atom is -0.478 e.